The van der Waals surface area contributed by atoms with Gasteiger partial charge in [0.25, 0.3) is 0 Å². The minimum Gasteiger partial charge on any atom is -0.481 e. The zero-order valence-corrected chi connectivity index (χ0v) is 12.1. The molecular formula is C18H16N2O2. The molecule has 0 radical (unpaired) electrons. The number of ether oxygens (including phenoxy) is 2. The van der Waals surface area contributed by atoms with Crippen molar-refractivity contribution in [3.05, 3.63) is 59.7 Å². The first kappa shape index (κ1) is 13.2. The van der Waals surface area contributed by atoms with Crippen LogP contribution in [-0.4, -0.2) is 30.2 Å². The van der Waals surface area contributed by atoms with Gasteiger partial charge in [0, 0.05) is 19.6 Å². The van der Waals surface area contributed by atoms with Crippen molar-refractivity contribution < 1.29 is 9.47 Å². The van der Waals surface area contributed by atoms with E-state index in [0.29, 0.717) is 17.1 Å². The lowest BCUT2D eigenvalue weighted by Crippen LogP contribution is -2.38. The maximum atomic E-state index is 9.18. The van der Waals surface area contributed by atoms with Crippen LogP contribution in [0, 0.1) is 11.3 Å². The van der Waals surface area contributed by atoms with E-state index in [1.54, 1.807) is 6.07 Å². The van der Waals surface area contributed by atoms with Crippen molar-refractivity contribution in [2.24, 2.45) is 0 Å². The Labute approximate surface area is 129 Å². The Balaban J connectivity index is 1.51. The number of para-hydroxylation sites is 1. The largest absolute Gasteiger partial charge is 0.481 e. The lowest BCUT2D eigenvalue weighted by Gasteiger charge is -2.29. The smallest absolute Gasteiger partial charge is 0.179 e. The van der Waals surface area contributed by atoms with Gasteiger partial charge in [-0.2, -0.15) is 5.26 Å². The molecule has 2 heterocycles. The third-order valence-corrected chi connectivity index (χ3v) is 4.19. The van der Waals surface area contributed by atoms with Gasteiger partial charge in [-0.25, -0.2) is 0 Å². The van der Waals surface area contributed by atoms with Gasteiger partial charge < -0.3 is 9.47 Å². The molecule has 0 amide bonds. The maximum Gasteiger partial charge on any atom is 0.179 e. The third-order valence-electron chi connectivity index (χ3n) is 4.19. The number of likely N-dealkylation sites (tertiary alicyclic amines) is 1. The van der Waals surface area contributed by atoms with Crippen LogP contribution < -0.4 is 9.47 Å². The quantitative estimate of drug-likeness (QED) is 0.853. The molecule has 0 spiro atoms. The Kier molecular flexibility index (Phi) is 3.21. The second kappa shape index (κ2) is 5.36. The van der Waals surface area contributed by atoms with Crippen LogP contribution in [-0.2, 0) is 6.54 Å². The highest BCUT2D eigenvalue weighted by molar-refractivity contribution is 5.53. The molecule has 0 aromatic heterocycles. The van der Waals surface area contributed by atoms with Crippen LogP contribution in [0.4, 0.5) is 0 Å². The summed E-state index contributed by atoms with van der Waals surface area (Å²) >= 11 is 0. The Hall–Kier alpha value is -2.51. The van der Waals surface area contributed by atoms with Crippen LogP contribution in [0.2, 0.25) is 0 Å². The molecule has 0 aliphatic carbocycles. The second-order valence-electron chi connectivity index (χ2n) is 5.74. The molecule has 22 heavy (non-hydrogen) atoms. The Morgan fingerprint density at radius 1 is 1.00 bits per heavy atom. The van der Waals surface area contributed by atoms with Crippen LogP contribution >= 0.6 is 0 Å². The lowest BCUT2D eigenvalue weighted by molar-refractivity contribution is 0.0549. The first-order valence-corrected chi connectivity index (χ1v) is 7.46. The minimum absolute atomic E-state index is 0.00860. The summed E-state index contributed by atoms with van der Waals surface area (Å²) in [5.74, 6) is 1.27. The average molecular weight is 292 g/mol. The van der Waals surface area contributed by atoms with E-state index in [4.69, 9.17) is 9.47 Å². The van der Waals surface area contributed by atoms with Gasteiger partial charge in [0.1, 0.15) is 18.3 Å². The molecule has 1 saturated heterocycles. The van der Waals surface area contributed by atoms with E-state index in [2.05, 4.69) is 35.2 Å². The standard InChI is InChI=1S/C18H16N2O2/c19-9-14-7-4-8-15-18(14)22-17-12-20(11-16(17)21-15)10-13-5-2-1-3-6-13/h1-8,16-17H,10-12H2/t16-,17-/m0/s1. The van der Waals surface area contributed by atoms with E-state index in [0.717, 1.165) is 19.6 Å². The maximum absolute atomic E-state index is 9.18. The summed E-state index contributed by atoms with van der Waals surface area (Å²) in [5.41, 5.74) is 1.83. The molecule has 2 aromatic carbocycles. The van der Waals surface area contributed by atoms with Gasteiger partial charge in [0.2, 0.25) is 0 Å². The van der Waals surface area contributed by atoms with Crippen LogP contribution in [0.5, 0.6) is 11.5 Å². The fourth-order valence-corrected chi connectivity index (χ4v) is 3.15. The third kappa shape index (κ3) is 2.30. The van der Waals surface area contributed by atoms with Crippen molar-refractivity contribution >= 4 is 0 Å². The van der Waals surface area contributed by atoms with Gasteiger partial charge in [0.05, 0.1) is 5.56 Å². The Morgan fingerprint density at radius 2 is 1.77 bits per heavy atom. The number of nitriles is 1. The monoisotopic (exact) mass is 292 g/mol. The van der Waals surface area contributed by atoms with Crippen LogP contribution in [0.1, 0.15) is 11.1 Å². The van der Waals surface area contributed by atoms with Crippen molar-refractivity contribution in [3.63, 3.8) is 0 Å². The van der Waals surface area contributed by atoms with Crippen molar-refractivity contribution in [2.45, 2.75) is 18.8 Å². The molecule has 0 N–H and O–H groups in total. The molecule has 1 fully saturated rings. The summed E-state index contributed by atoms with van der Waals surface area (Å²) in [4.78, 5) is 2.34. The molecule has 0 unspecified atom stereocenters. The van der Waals surface area contributed by atoms with E-state index < -0.39 is 0 Å². The molecule has 0 saturated carbocycles. The molecular weight excluding hydrogens is 276 g/mol. The van der Waals surface area contributed by atoms with Gasteiger partial charge in [-0.1, -0.05) is 36.4 Å². The zero-order valence-electron chi connectivity index (χ0n) is 12.1. The van der Waals surface area contributed by atoms with Crippen LogP contribution in [0.15, 0.2) is 48.5 Å². The van der Waals surface area contributed by atoms with Crippen molar-refractivity contribution in [1.82, 2.24) is 4.90 Å². The number of rotatable bonds is 2. The van der Waals surface area contributed by atoms with E-state index in [1.807, 2.05) is 18.2 Å². The van der Waals surface area contributed by atoms with E-state index in [9.17, 15) is 5.26 Å². The second-order valence-corrected chi connectivity index (χ2v) is 5.74. The SMILES string of the molecule is N#Cc1cccc2c1O[C@H]1CN(Cc3ccccc3)C[C@@H]1O2. The Bertz CT molecular complexity index is 724. The fraction of sp³-hybridized carbons (Fsp3) is 0.278. The average Bonchev–Trinajstić information content (AvgIpc) is 2.94. The van der Waals surface area contributed by atoms with Gasteiger partial charge in [-0.3, -0.25) is 4.90 Å². The summed E-state index contributed by atoms with van der Waals surface area (Å²) in [6, 6.07) is 18.0. The van der Waals surface area contributed by atoms with Crippen molar-refractivity contribution in [3.8, 4) is 17.6 Å². The highest BCUT2D eigenvalue weighted by Crippen LogP contribution is 2.38. The van der Waals surface area contributed by atoms with Crippen molar-refractivity contribution in [2.75, 3.05) is 13.1 Å². The molecule has 4 nitrogen and oxygen atoms in total. The summed E-state index contributed by atoms with van der Waals surface area (Å²) in [5, 5.41) is 9.18. The van der Waals surface area contributed by atoms with E-state index in [1.165, 1.54) is 5.56 Å². The van der Waals surface area contributed by atoms with Gasteiger partial charge in [-0.05, 0) is 17.7 Å². The molecule has 2 atom stereocenters. The number of nitrogens with zero attached hydrogens (tertiary/aromatic N) is 2. The van der Waals surface area contributed by atoms with Gasteiger partial charge >= 0.3 is 0 Å². The van der Waals surface area contributed by atoms with Crippen LogP contribution in [0.3, 0.4) is 0 Å². The number of hydrogen-bond acceptors (Lipinski definition) is 4. The summed E-state index contributed by atoms with van der Waals surface area (Å²) in [6.45, 7) is 2.55. The fourth-order valence-electron chi connectivity index (χ4n) is 3.15. The normalized spacial score (nSPS) is 22.9. The molecule has 110 valence electrons. The van der Waals surface area contributed by atoms with Crippen molar-refractivity contribution in [1.29, 1.82) is 5.26 Å². The highest BCUT2D eigenvalue weighted by atomic mass is 16.6. The molecule has 2 aromatic rings. The number of hydrogen-bond donors (Lipinski definition) is 0. The number of fused-ring (bicyclic) bond motifs is 2. The first-order valence-electron chi connectivity index (χ1n) is 7.46. The molecule has 0 bridgehead atoms. The number of benzene rings is 2. The van der Waals surface area contributed by atoms with Crippen LogP contribution in [0.25, 0.3) is 0 Å². The Morgan fingerprint density at radius 3 is 2.55 bits per heavy atom. The molecule has 2 aliphatic heterocycles. The summed E-state index contributed by atoms with van der Waals surface area (Å²) in [6.07, 6.45) is 0.0240. The van der Waals surface area contributed by atoms with E-state index in [-0.39, 0.29) is 12.2 Å². The first-order chi connectivity index (χ1) is 10.8. The van der Waals surface area contributed by atoms with Gasteiger partial charge in [-0.15, -0.1) is 0 Å². The summed E-state index contributed by atoms with van der Waals surface area (Å²) < 4.78 is 12.1. The predicted molar refractivity (Wildman–Crippen MR) is 81.7 cm³/mol. The highest BCUT2D eigenvalue weighted by Gasteiger charge is 2.40. The summed E-state index contributed by atoms with van der Waals surface area (Å²) in [7, 11) is 0. The lowest BCUT2D eigenvalue weighted by atomic mass is 10.1. The topological polar surface area (TPSA) is 45.5 Å². The van der Waals surface area contributed by atoms with E-state index >= 15 is 0 Å². The predicted octanol–water partition coefficient (Wildman–Crippen LogP) is 2.58. The minimum atomic E-state index is -0.00860. The van der Waals surface area contributed by atoms with Gasteiger partial charge in [0.15, 0.2) is 11.5 Å². The zero-order chi connectivity index (χ0) is 14.9. The molecule has 2 aliphatic rings. The molecule has 4 heteroatoms. The molecule has 4 rings (SSSR count).